The Balaban J connectivity index is 1.11. The number of nitrogens with zero attached hydrogens (tertiary/aromatic N) is 2. The second-order valence-electron chi connectivity index (χ2n) is 14.4. The van der Waals surface area contributed by atoms with Gasteiger partial charge in [-0.25, -0.2) is 0 Å². The van der Waals surface area contributed by atoms with Crippen molar-refractivity contribution in [3.05, 3.63) is 141 Å². The molecule has 0 saturated heterocycles. The number of halogens is 2. The summed E-state index contributed by atoms with van der Waals surface area (Å²) in [5.74, 6) is 0. The van der Waals surface area contributed by atoms with Crippen molar-refractivity contribution in [1.82, 2.24) is 9.13 Å². The van der Waals surface area contributed by atoms with E-state index in [4.69, 9.17) is 0 Å². The SMILES string of the molecule is CCCCCCc1ccc2c(c1)c1cccc(Br)c1n2-c1ccc(-c2ccc(-n3c4ccc(CCCCCC)cc4c4cccc(Br)c43)cc2)cc1. The molecule has 0 aliphatic rings. The molecule has 0 N–H and O–H groups in total. The average Bonchev–Trinajstić information content (AvgIpc) is 3.69. The summed E-state index contributed by atoms with van der Waals surface area (Å²) in [6.07, 6.45) is 12.5. The van der Waals surface area contributed by atoms with Gasteiger partial charge in [0, 0.05) is 41.9 Å². The van der Waals surface area contributed by atoms with Gasteiger partial charge in [-0.15, -0.1) is 0 Å². The molecule has 8 rings (SSSR count). The van der Waals surface area contributed by atoms with Gasteiger partial charge in [-0.05, 0) is 140 Å². The first kappa shape index (κ1) is 34.9. The van der Waals surface area contributed by atoms with Crippen molar-refractivity contribution in [2.45, 2.75) is 78.1 Å². The standard InChI is InChI=1S/C48H46Br2N2/c1-3-5-7-9-13-33-19-29-45-41(31-33)39-15-11-17-43(49)47(39)51(45)37-25-21-35(22-26-37)36-23-27-38(28-24-36)52-46-30-20-34(14-10-8-6-4-2)32-42(46)40-16-12-18-44(50)48(40)52/h11-12,15-32H,3-10,13-14H2,1-2H3. The van der Waals surface area contributed by atoms with Crippen molar-refractivity contribution >= 4 is 75.5 Å². The minimum absolute atomic E-state index is 1.12. The Morgan fingerprint density at radius 2 is 0.846 bits per heavy atom. The van der Waals surface area contributed by atoms with Crippen LogP contribution in [-0.4, -0.2) is 9.13 Å². The van der Waals surface area contributed by atoms with E-state index in [9.17, 15) is 0 Å². The van der Waals surface area contributed by atoms with Crippen LogP contribution in [0.5, 0.6) is 0 Å². The summed E-state index contributed by atoms with van der Waals surface area (Å²) in [4.78, 5) is 0. The molecule has 0 unspecified atom stereocenters. The zero-order valence-corrected chi connectivity index (χ0v) is 33.4. The lowest BCUT2D eigenvalue weighted by Crippen LogP contribution is -1.96. The minimum Gasteiger partial charge on any atom is -0.308 e. The molecule has 2 nitrogen and oxygen atoms in total. The van der Waals surface area contributed by atoms with E-state index in [2.05, 4.69) is 176 Å². The summed E-state index contributed by atoms with van der Waals surface area (Å²) in [7, 11) is 0. The lowest BCUT2D eigenvalue weighted by molar-refractivity contribution is 0.667. The average molecular weight is 811 g/mol. The van der Waals surface area contributed by atoms with Gasteiger partial charge in [0.15, 0.2) is 0 Å². The Labute approximate surface area is 324 Å². The van der Waals surface area contributed by atoms with E-state index < -0.39 is 0 Å². The van der Waals surface area contributed by atoms with Crippen molar-refractivity contribution < 1.29 is 0 Å². The van der Waals surface area contributed by atoms with E-state index in [1.807, 2.05) is 0 Å². The molecule has 0 radical (unpaired) electrons. The van der Waals surface area contributed by atoms with Crippen molar-refractivity contribution in [3.63, 3.8) is 0 Å². The fourth-order valence-electron chi connectivity index (χ4n) is 8.11. The highest BCUT2D eigenvalue weighted by atomic mass is 79.9. The molecule has 4 heteroatoms. The maximum Gasteiger partial charge on any atom is 0.0683 e. The van der Waals surface area contributed by atoms with E-state index in [-0.39, 0.29) is 0 Å². The number of rotatable bonds is 13. The van der Waals surface area contributed by atoms with Crippen molar-refractivity contribution in [2.75, 3.05) is 0 Å². The fraction of sp³-hybridized carbons (Fsp3) is 0.250. The molecular weight excluding hydrogens is 764 g/mol. The fourth-order valence-corrected chi connectivity index (χ4v) is 9.20. The summed E-state index contributed by atoms with van der Waals surface area (Å²) < 4.78 is 7.06. The quantitative estimate of drug-likeness (QED) is 0.103. The van der Waals surface area contributed by atoms with E-state index in [1.165, 1.54) is 129 Å². The van der Waals surface area contributed by atoms with Crippen molar-refractivity contribution in [1.29, 1.82) is 0 Å². The predicted octanol–water partition coefficient (Wildman–Crippen LogP) is 15.3. The lowest BCUT2D eigenvalue weighted by atomic mass is 10.0. The molecule has 2 aromatic heterocycles. The van der Waals surface area contributed by atoms with E-state index in [0.717, 1.165) is 21.8 Å². The van der Waals surface area contributed by atoms with Crippen molar-refractivity contribution in [3.8, 4) is 22.5 Å². The van der Waals surface area contributed by atoms with Gasteiger partial charge in [0.25, 0.3) is 0 Å². The number of aromatic nitrogens is 2. The molecule has 8 aromatic rings. The lowest BCUT2D eigenvalue weighted by Gasteiger charge is -2.12. The molecule has 2 heterocycles. The molecule has 52 heavy (non-hydrogen) atoms. The van der Waals surface area contributed by atoms with Gasteiger partial charge in [0.05, 0.1) is 22.1 Å². The second-order valence-corrected chi connectivity index (χ2v) is 16.1. The van der Waals surface area contributed by atoms with Gasteiger partial charge < -0.3 is 9.13 Å². The van der Waals surface area contributed by atoms with Crippen LogP contribution in [0.2, 0.25) is 0 Å². The number of benzene rings is 6. The molecule has 0 aliphatic heterocycles. The molecule has 0 atom stereocenters. The smallest absolute Gasteiger partial charge is 0.0683 e. The second kappa shape index (κ2) is 15.5. The summed E-state index contributed by atoms with van der Waals surface area (Å²) in [6, 6.07) is 45.4. The van der Waals surface area contributed by atoms with Crippen LogP contribution in [0.3, 0.4) is 0 Å². The van der Waals surface area contributed by atoms with Crippen molar-refractivity contribution in [2.24, 2.45) is 0 Å². The van der Waals surface area contributed by atoms with Gasteiger partial charge in [0.1, 0.15) is 0 Å². The molecule has 0 fully saturated rings. The Hall–Kier alpha value is -4.12. The molecule has 0 amide bonds. The van der Waals surface area contributed by atoms with E-state index in [1.54, 1.807) is 0 Å². The van der Waals surface area contributed by atoms with Crippen LogP contribution in [0.15, 0.2) is 130 Å². The zero-order chi connectivity index (χ0) is 35.6. The summed E-state index contributed by atoms with van der Waals surface area (Å²) in [6.45, 7) is 4.55. The van der Waals surface area contributed by atoms with Crippen LogP contribution in [-0.2, 0) is 12.8 Å². The van der Waals surface area contributed by atoms with Crippen LogP contribution < -0.4 is 0 Å². The third-order valence-corrected chi connectivity index (χ3v) is 12.1. The number of aryl methyl sites for hydroxylation is 2. The Morgan fingerprint density at radius 3 is 1.25 bits per heavy atom. The van der Waals surface area contributed by atoms with Crippen LogP contribution in [0.25, 0.3) is 66.1 Å². The minimum atomic E-state index is 1.12. The summed E-state index contributed by atoms with van der Waals surface area (Å²) in [5.41, 5.74) is 12.5. The van der Waals surface area contributed by atoms with Gasteiger partial charge in [-0.1, -0.05) is 113 Å². The largest absolute Gasteiger partial charge is 0.308 e. The molecule has 6 aromatic carbocycles. The Bertz CT molecular complexity index is 2320. The van der Waals surface area contributed by atoms with Gasteiger partial charge >= 0.3 is 0 Å². The Kier molecular flexibility index (Phi) is 10.4. The monoisotopic (exact) mass is 808 g/mol. The zero-order valence-electron chi connectivity index (χ0n) is 30.3. The van der Waals surface area contributed by atoms with Crippen LogP contribution in [0, 0.1) is 0 Å². The normalized spacial score (nSPS) is 11.8. The predicted molar refractivity (Wildman–Crippen MR) is 232 cm³/mol. The Morgan fingerprint density at radius 1 is 0.423 bits per heavy atom. The summed E-state index contributed by atoms with van der Waals surface area (Å²) in [5, 5.41) is 5.23. The molecule has 262 valence electrons. The summed E-state index contributed by atoms with van der Waals surface area (Å²) >= 11 is 7.80. The topological polar surface area (TPSA) is 9.86 Å². The first-order chi connectivity index (χ1) is 25.6. The highest BCUT2D eigenvalue weighted by Gasteiger charge is 2.17. The molecule has 0 bridgehead atoms. The first-order valence-electron chi connectivity index (χ1n) is 19.2. The van der Waals surface area contributed by atoms with Gasteiger partial charge in [-0.3, -0.25) is 0 Å². The third-order valence-electron chi connectivity index (χ3n) is 10.8. The molecule has 0 saturated carbocycles. The maximum atomic E-state index is 3.90. The van der Waals surface area contributed by atoms with Crippen LogP contribution >= 0.6 is 31.9 Å². The number of fused-ring (bicyclic) bond motifs is 6. The number of para-hydroxylation sites is 2. The number of hydrogen-bond acceptors (Lipinski definition) is 0. The molecule has 0 aliphatic carbocycles. The van der Waals surface area contributed by atoms with Gasteiger partial charge in [0.2, 0.25) is 0 Å². The highest BCUT2D eigenvalue weighted by Crippen LogP contribution is 2.39. The number of hydrogen-bond donors (Lipinski definition) is 0. The first-order valence-corrected chi connectivity index (χ1v) is 20.8. The van der Waals surface area contributed by atoms with Gasteiger partial charge in [-0.2, -0.15) is 0 Å². The van der Waals surface area contributed by atoms with Crippen LogP contribution in [0.1, 0.15) is 76.3 Å². The van der Waals surface area contributed by atoms with E-state index in [0.29, 0.717) is 0 Å². The molecular formula is C48H46Br2N2. The number of unbranched alkanes of at least 4 members (excludes halogenated alkanes) is 6. The third kappa shape index (κ3) is 6.65. The highest BCUT2D eigenvalue weighted by molar-refractivity contribution is 9.11. The molecule has 0 spiro atoms. The maximum absolute atomic E-state index is 3.90. The van der Waals surface area contributed by atoms with E-state index >= 15 is 0 Å². The van der Waals surface area contributed by atoms with Crippen LogP contribution in [0.4, 0.5) is 0 Å².